The van der Waals surface area contributed by atoms with E-state index in [-0.39, 0.29) is 11.6 Å². The lowest BCUT2D eigenvalue weighted by atomic mass is 9.81. The van der Waals surface area contributed by atoms with Crippen LogP contribution in [0.15, 0.2) is 4.79 Å². The molecule has 2 fully saturated rings. The van der Waals surface area contributed by atoms with Crippen molar-refractivity contribution >= 4 is 5.91 Å². The van der Waals surface area contributed by atoms with Gasteiger partial charge in [0.15, 0.2) is 0 Å². The van der Waals surface area contributed by atoms with Gasteiger partial charge in [0.2, 0.25) is 5.91 Å². The number of H-pyrrole nitrogens is 1. The summed E-state index contributed by atoms with van der Waals surface area (Å²) in [6, 6.07) is 0.707. The Bertz CT molecular complexity index is 606. The van der Waals surface area contributed by atoms with E-state index in [2.05, 4.69) is 20.4 Å². The van der Waals surface area contributed by atoms with E-state index in [1.807, 2.05) is 0 Å². The first-order valence-corrected chi connectivity index (χ1v) is 9.26. The number of carbonyl (C=O) groups excluding carboxylic acids is 1. The van der Waals surface area contributed by atoms with E-state index in [1.165, 1.54) is 49.8 Å². The lowest BCUT2D eigenvalue weighted by molar-refractivity contribution is -0.121. The molecule has 0 aliphatic carbocycles. The molecule has 3 heterocycles. The summed E-state index contributed by atoms with van der Waals surface area (Å²) in [5.74, 6) is 1.46. The molecule has 7 nitrogen and oxygen atoms in total. The fraction of sp³-hybridized carbons (Fsp3) is 0.824. The minimum absolute atomic E-state index is 0.114. The molecule has 0 aromatic carbocycles. The molecule has 2 saturated heterocycles. The van der Waals surface area contributed by atoms with Crippen molar-refractivity contribution in [3.63, 3.8) is 0 Å². The average Bonchev–Trinajstić information content (AvgIpc) is 2.92. The lowest BCUT2D eigenvalue weighted by Gasteiger charge is -2.44. The largest absolute Gasteiger partial charge is 0.356 e. The Morgan fingerprint density at radius 2 is 2.12 bits per heavy atom. The van der Waals surface area contributed by atoms with E-state index in [0.29, 0.717) is 37.2 Å². The van der Waals surface area contributed by atoms with E-state index in [9.17, 15) is 9.59 Å². The Kier molecular flexibility index (Phi) is 5.71. The summed E-state index contributed by atoms with van der Waals surface area (Å²) < 4.78 is 1.48. The van der Waals surface area contributed by atoms with Crippen LogP contribution < -0.4 is 11.0 Å². The molecule has 24 heavy (non-hydrogen) atoms. The van der Waals surface area contributed by atoms with Crippen molar-refractivity contribution in [2.75, 3.05) is 19.6 Å². The third-order valence-electron chi connectivity index (χ3n) is 5.61. The zero-order valence-electron chi connectivity index (χ0n) is 14.6. The summed E-state index contributed by atoms with van der Waals surface area (Å²) in [6.07, 6.45) is 8.69. The number of rotatable bonds is 6. The van der Waals surface area contributed by atoms with Gasteiger partial charge in [0.05, 0.1) is 0 Å². The van der Waals surface area contributed by atoms with Gasteiger partial charge in [-0.1, -0.05) is 6.42 Å². The lowest BCUT2D eigenvalue weighted by Crippen LogP contribution is -2.48. The first-order valence-electron chi connectivity index (χ1n) is 9.26. The van der Waals surface area contributed by atoms with Crippen LogP contribution in [-0.2, 0) is 18.3 Å². The number of nitrogens with zero attached hydrogens (tertiary/aromatic N) is 3. The van der Waals surface area contributed by atoms with Crippen LogP contribution in [0.5, 0.6) is 0 Å². The van der Waals surface area contributed by atoms with Crippen LogP contribution in [0.2, 0.25) is 0 Å². The zero-order chi connectivity index (χ0) is 16.9. The maximum Gasteiger partial charge on any atom is 0.343 e. The summed E-state index contributed by atoms with van der Waals surface area (Å²) in [5, 5.41) is 9.31. The molecule has 7 heteroatoms. The molecule has 1 aromatic heterocycles. The minimum atomic E-state index is -0.217. The second-order valence-electron chi connectivity index (χ2n) is 7.14. The van der Waals surface area contributed by atoms with Crippen molar-refractivity contribution in [1.82, 2.24) is 25.0 Å². The summed E-state index contributed by atoms with van der Waals surface area (Å²) in [5.41, 5.74) is -0.217. The Morgan fingerprint density at radius 1 is 1.29 bits per heavy atom. The van der Waals surface area contributed by atoms with Gasteiger partial charge in [-0.15, -0.1) is 0 Å². The highest BCUT2D eigenvalue weighted by Crippen LogP contribution is 2.33. The fourth-order valence-corrected chi connectivity index (χ4v) is 4.24. The molecule has 134 valence electrons. The molecule has 0 unspecified atom stereocenters. The van der Waals surface area contributed by atoms with E-state index >= 15 is 0 Å². The van der Waals surface area contributed by atoms with Crippen LogP contribution in [0.4, 0.5) is 0 Å². The van der Waals surface area contributed by atoms with Crippen molar-refractivity contribution in [3.8, 4) is 0 Å². The smallest absolute Gasteiger partial charge is 0.343 e. The van der Waals surface area contributed by atoms with Gasteiger partial charge in [-0.3, -0.25) is 9.36 Å². The number of carbonyl (C=O) groups is 1. The highest BCUT2D eigenvalue weighted by molar-refractivity contribution is 5.75. The van der Waals surface area contributed by atoms with E-state index < -0.39 is 0 Å². The van der Waals surface area contributed by atoms with Gasteiger partial charge >= 0.3 is 5.69 Å². The Balaban J connectivity index is 1.39. The van der Waals surface area contributed by atoms with Crippen LogP contribution in [0.25, 0.3) is 0 Å². The number of amides is 1. The summed E-state index contributed by atoms with van der Waals surface area (Å²) in [4.78, 5) is 26.0. The van der Waals surface area contributed by atoms with Crippen LogP contribution in [0.1, 0.15) is 50.8 Å². The highest BCUT2D eigenvalue weighted by Gasteiger charge is 2.32. The molecular weight excluding hydrogens is 306 g/mol. The molecule has 0 bridgehead atoms. The Morgan fingerprint density at radius 3 is 2.92 bits per heavy atom. The average molecular weight is 335 g/mol. The van der Waals surface area contributed by atoms with E-state index in [0.717, 1.165) is 6.42 Å². The standard InChI is InChI=1S/C17H29N5O2/c1-21-15(19-20-17(21)24)9-10-18-16(23)8-7-13-5-4-12-22-11-3-2-6-14(13)22/h13-14H,2-12H2,1H3,(H,18,23)(H,20,24)/t13-,14+/m0/s1. The summed E-state index contributed by atoms with van der Waals surface area (Å²) >= 11 is 0. The minimum Gasteiger partial charge on any atom is -0.356 e. The molecular formula is C17H29N5O2. The van der Waals surface area contributed by atoms with Gasteiger partial charge in [-0.25, -0.2) is 9.89 Å². The zero-order valence-corrected chi connectivity index (χ0v) is 14.6. The van der Waals surface area contributed by atoms with Gasteiger partial charge in [0, 0.05) is 32.5 Å². The molecule has 0 radical (unpaired) electrons. The van der Waals surface area contributed by atoms with Crippen molar-refractivity contribution in [2.45, 2.75) is 57.4 Å². The summed E-state index contributed by atoms with van der Waals surface area (Å²) in [7, 11) is 1.68. The molecule has 2 aliphatic heterocycles. The van der Waals surface area contributed by atoms with Crippen LogP contribution >= 0.6 is 0 Å². The number of hydrogen-bond donors (Lipinski definition) is 2. The molecule has 0 saturated carbocycles. The number of aromatic amines is 1. The van der Waals surface area contributed by atoms with Crippen molar-refractivity contribution in [1.29, 1.82) is 0 Å². The molecule has 1 aromatic rings. The van der Waals surface area contributed by atoms with Gasteiger partial charge in [0.1, 0.15) is 5.82 Å². The first-order chi connectivity index (χ1) is 11.6. The second-order valence-corrected chi connectivity index (χ2v) is 7.14. The van der Waals surface area contributed by atoms with Crippen LogP contribution in [-0.4, -0.2) is 51.2 Å². The SMILES string of the molecule is Cn1c(CCNC(=O)CC[C@@H]2CCCN3CCCC[C@H]23)n[nH]c1=O. The highest BCUT2D eigenvalue weighted by atomic mass is 16.2. The third kappa shape index (κ3) is 4.06. The van der Waals surface area contributed by atoms with Gasteiger partial charge in [-0.2, -0.15) is 5.10 Å². The second kappa shape index (κ2) is 7.96. The molecule has 0 spiro atoms. The van der Waals surface area contributed by atoms with Crippen LogP contribution in [0.3, 0.4) is 0 Å². The van der Waals surface area contributed by atoms with Crippen molar-refractivity contribution < 1.29 is 4.79 Å². The number of aromatic nitrogens is 3. The quantitative estimate of drug-likeness (QED) is 0.806. The maximum absolute atomic E-state index is 12.1. The van der Waals surface area contributed by atoms with Gasteiger partial charge < -0.3 is 10.2 Å². The topological polar surface area (TPSA) is 83.0 Å². The number of piperidine rings is 2. The normalized spacial score (nSPS) is 24.5. The number of nitrogens with one attached hydrogen (secondary N) is 2. The molecule has 2 atom stereocenters. The number of hydrogen-bond acceptors (Lipinski definition) is 4. The predicted molar refractivity (Wildman–Crippen MR) is 91.7 cm³/mol. The predicted octanol–water partition coefficient (Wildman–Crippen LogP) is 0.812. The Hall–Kier alpha value is -1.63. The monoisotopic (exact) mass is 335 g/mol. The first kappa shape index (κ1) is 17.2. The number of fused-ring (bicyclic) bond motifs is 1. The molecule has 2 aliphatic rings. The third-order valence-corrected chi connectivity index (χ3v) is 5.61. The Labute approximate surface area is 142 Å². The van der Waals surface area contributed by atoms with E-state index in [1.54, 1.807) is 7.05 Å². The van der Waals surface area contributed by atoms with E-state index in [4.69, 9.17) is 0 Å². The molecule has 1 amide bonds. The maximum atomic E-state index is 12.1. The molecule has 2 N–H and O–H groups in total. The fourth-order valence-electron chi connectivity index (χ4n) is 4.24. The van der Waals surface area contributed by atoms with Crippen LogP contribution in [0, 0.1) is 5.92 Å². The van der Waals surface area contributed by atoms with Crippen molar-refractivity contribution in [2.24, 2.45) is 13.0 Å². The van der Waals surface area contributed by atoms with Gasteiger partial charge in [-0.05, 0) is 51.1 Å². The van der Waals surface area contributed by atoms with Crippen molar-refractivity contribution in [3.05, 3.63) is 16.3 Å². The van der Waals surface area contributed by atoms with Gasteiger partial charge in [0.25, 0.3) is 0 Å². The summed E-state index contributed by atoms with van der Waals surface area (Å²) in [6.45, 7) is 3.02. The molecule has 3 rings (SSSR count).